The molecular weight excluding hydrogens is 268 g/mol. The van der Waals surface area contributed by atoms with Crippen molar-refractivity contribution in [3.63, 3.8) is 0 Å². The van der Waals surface area contributed by atoms with Crippen molar-refractivity contribution in [2.75, 3.05) is 26.2 Å². The molecule has 19 heavy (non-hydrogen) atoms. The van der Waals surface area contributed by atoms with Gasteiger partial charge in [-0.25, -0.2) is 0 Å². The van der Waals surface area contributed by atoms with E-state index in [4.69, 9.17) is 4.74 Å². The molecule has 2 fully saturated rings. The Hall–Kier alpha value is -0.500. The number of piperidine rings is 1. The quantitative estimate of drug-likeness (QED) is 0.699. The minimum absolute atomic E-state index is 0.00832. The molecule has 2 unspecified atom stereocenters. The van der Waals surface area contributed by atoms with Crippen LogP contribution in [0.25, 0.3) is 0 Å². The van der Waals surface area contributed by atoms with Crippen molar-refractivity contribution in [1.29, 1.82) is 0 Å². The van der Waals surface area contributed by atoms with Crippen LogP contribution in [0, 0.1) is 5.92 Å². The normalized spacial score (nSPS) is 32.3. The third-order valence-electron chi connectivity index (χ3n) is 3.73. The molecule has 0 saturated carbocycles. The van der Waals surface area contributed by atoms with Crippen LogP contribution in [-0.2, 0) is 19.7 Å². The number of morpholine rings is 1. The highest BCUT2D eigenvalue weighted by Gasteiger charge is 2.36. The van der Waals surface area contributed by atoms with Crippen LogP contribution in [0.5, 0.6) is 0 Å². The van der Waals surface area contributed by atoms with E-state index >= 15 is 0 Å². The maximum Gasteiger partial charge on any atom is 0.282 e. The topological polar surface area (TPSA) is 66.9 Å². The summed E-state index contributed by atoms with van der Waals surface area (Å²) in [5.41, 5.74) is 0. The van der Waals surface area contributed by atoms with Crippen LogP contribution in [0.1, 0.15) is 26.7 Å². The Morgan fingerprint density at radius 2 is 1.58 bits per heavy atom. The Morgan fingerprint density at radius 3 is 2.05 bits per heavy atom. The fraction of sp³-hybridized carbons (Fsp3) is 0.917. The first-order valence-electron chi connectivity index (χ1n) is 6.79. The van der Waals surface area contributed by atoms with Crippen LogP contribution in [-0.4, -0.2) is 61.7 Å². The molecule has 2 aliphatic heterocycles. The zero-order chi connectivity index (χ0) is 14.0. The predicted octanol–water partition coefficient (Wildman–Crippen LogP) is 0.251. The van der Waals surface area contributed by atoms with Gasteiger partial charge in [0.25, 0.3) is 10.2 Å². The van der Waals surface area contributed by atoms with Crippen LogP contribution in [0.3, 0.4) is 0 Å². The van der Waals surface area contributed by atoms with Gasteiger partial charge in [0.15, 0.2) is 0 Å². The van der Waals surface area contributed by atoms with E-state index in [1.807, 2.05) is 13.8 Å². The molecule has 0 aromatic rings. The zero-order valence-electron chi connectivity index (χ0n) is 11.5. The molecule has 0 bridgehead atoms. The molecule has 2 heterocycles. The number of carbonyl (C=O) groups is 1. The second kappa shape index (κ2) is 5.87. The third-order valence-corrected chi connectivity index (χ3v) is 5.70. The van der Waals surface area contributed by atoms with Crippen LogP contribution in [0.15, 0.2) is 0 Å². The highest BCUT2D eigenvalue weighted by molar-refractivity contribution is 7.86. The van der Waals surface area contributed by atoms with E-state index in [1.165, 1.54) is 8.61 Å². The molecular formula is C12H22N2O4S. The average Bonchev–Trinajstić information content (AvgIpc) is 2.37. The van der Waals surface area contributed by atoms with E-state index in [0.717, 1.165) is 6.29 Å². The van der Waals surface area contributed by atoms with E-state index in [1.54, 1.807) is 0 Å². The van der Waals surface area contributed by atoms with Gasteiger partial charge < -0.3 is 9.53 Å². The van der Waals surface area contributed by atoms with Crippen LogP contribution < -0.4 is 0 Å². The summed E-state index contributed by atoms with van der Waals surface area (Å²) in [4.78, 5) is 10.7. The van der Waals surface area contributed by atoms with Crippen LogP contribution >= 0.6 is 0 Å². The molecule has 0 aliphatic carbocycles. The molecule has 2 saturated heterocycles. The van der Waals surface area contributed by atoms with Gasteiger partial charge in [0.1, 0.15) is 6.29 Å². The minimum Gasteiger partial charge on any atom is -0.373 e. The van der Waals surface area contributed by atoms with Crippen molar-refractivity contribution < 1.29 is 17.9 Å². The summed E-state index contributed by atoms with van der Waals surface area (Å²) in [6, 6.07) is 0. The van der Waals surface area contributed by atoms with E-state index in [-0.39, 0.29) is 18.1 Å². The first kappa shape index (κ1) is 14.9. The number of aldehydes is 1. The molecule has 110 valence electrons. The van der Waals surface area contributed by atoms with Crippen LogP contribution in [0.4, 0.5) is 0 Å². The number of carbonyl (C=O) groups excluding carboxylic acids is 1. The SMILES string of the molecule is CC1CN(S(=O)(=O)N2CCC(C=O)CC2)CC(C)O1. The lowest BCUT2D eigenvalue weighted by molar-refractivity contribution is -0.112. The smallest absolute Gasteiger partial charge is 0.282 e. The van der Waals surface area contributed by atoms with Gasteiger partial charge in [0.05, 0.1) is 12.2 Å². The fourth-order valence-electron chi connectivity index (χ4n) is 2.72. The lowest BCUT2D eigenvalue weighted by atomic mass is 10.0. The van der Waals surface area contributed by atoms with E-state index in [2.05, 4.69) is 0 Å². The minimum atomic E-state index is -3.41. The first-order chi connectivity index (χ1) is 8.93. The first-order valence-corrected chi connectivity index (χ1v) is 8.19. The lowest BCUT2D eigenvalue weighted by Crippen LogP contribution is -2.54. The number of rotatable bonds is 3. The van der Waals surface area contributed by atoms with Gasteiger partial charge in [0.2, 0.25) is 0 Å². The Morgan fingerprint density at radius 1 is 1.05 bits per heavy atom. The number of hydrogen-bond donors (Lipinski definition) is 0. The summed E-state index contributed by atoms with van der Waals surface area (Å²) < 4.78 is 33.6. The molecule has 0 spiro atoms. The average molecular weight is 290 g/mol. The zero-order valence-corrected chi connectivity index (χ0v) is 12.3. The number of nitrogens with zero attached hydrogens (tertiary/aromatic N) is 2. The second-order valence-electron chi connectivity index (χ2n) is 5.45. The van der Waals surface area contributed by atoms with Crippen molar-refractivity contribution in [2.24, 2.45) is 5.92 Å². The van der Waals surface area contributed by atoms with Gasteiger partial charge in [0, 0.05) is 32.1 Å². The molecule has 6 nitrogen and oxygen atoms in total. The standard InChI is InChI=1S/C12H22N2O4S/c1-10-7-14(8-11(2)18-10)19(16,17)13-5-3-12(9-15)4-6-13/h9-12H,3-8H2,1-2H3. The summed E-state index contributed by atoms with van der Waals surface area (Å²) in [6.07, 6.45) is 2.02. The predicted molar refractivity (Wildman–Crippen MR) is 70.9 cm³/mol. The van der Waals surface area contributed by atoms with Crippen molar-refractivity contribution in [1.82, 2.24) is 8.61 Å². The summed E-state index contributed by atoms with van der Waals surface area (Å²) in [7, 11) is -3.41. The fourth-order valence-corrected chi connectivity index (χ4v) is 4.52. The van der Waals surface area contributed by atoms with E-state index in [0.29, 0.717) is 39.0 Å². The van der Waals surface area contributed by atoms with Crippen LogP contribution in [0.2, 0.25) is 0 Å². The maximum atomic E-state index is 12.5. The number of ether oxygens (including phenoxy) is 1. The molecule has 2 atom stereocenters. The molecule has 2 aliphatic rings. The van der Waals surface area contributed by atoms with Gasteiger partial charge >= 0.3 is 0 Å². The Kier molecular flexibility index (Phi) is 4.60. The van der Waals surface area contributed by atoms with Gasteiger partial charge in [-0.15, -0.1) is 0 Å². The lowest BCUT2D eigenvalue weighted by Gasteiger charge is -2.38. The van der Waals surface area contributed by atoms with E-state index in [9.17, 15) is 13.2 Å². The highest BCUT2D eigenvalue weighted by atomic mass is 32.2. The van der Waals surface area contributed by atoms with Crippen molar-refractivity contribution in [3.05, 3.63) is 0 Å². The van der Waals surface area contributed by atoms with Gasteiger partial charge in [-0.2, -0.15) is 17.0 Å². The Balaban J connectivity index is 2.03. The second-order valence-corrected chi connectivity index (χ2v) is 7.38. The maximum absolute atomic E-state index is 12.5. The highest BCUT2D eigenvalue weighted by Crippen LogP contribution is 2.22. The molecule has 0 radical (unpaired) electrons. The summed E-state index contributed by atoms with van der Waals surface area (Å²) in [5, 5.41) is 0. The van der Waals surface area contributed by atoms with Gasteiger partial charge in [-0.05, 0) is 26.7 Å². The van der Waals surface area contributed by atoms with E-state index < -0.39 is 10.2 Å². The molecule has 2 rings (SSSR count). The van der Waals surface area contributed by atoms with Crippen molar-refractivity contribution in [3.8, 4) is 0 Å². The molecule has 0 aromatic carbocycles. The molecule has 7 heteroatoms. The number of hydrogen-bond acceptors (Lipinski definition) is 4. The molecule has 0 aromatic heterocycles. The largest absolute Gasteiger partial charge is 0.373 e. The summed E-state index contributed by atoms with van der Waals surface area (Å²) >= 11 is 0. The Bertz CT molecular complexity index is 407. The summed E-state index contributed by atoms with van der Waals surface area (Å²) in [5.74, 6) is 0.00832. The third kappa shape index (κ3) is 3.34. The van der Waals surface area contributed by atoms with Gasteiger partial charge in [-0.1, -0.05) is 0 Å². The molecule has 0 N–H and O–H groups in total. The van der Waals surface area contributed by atoms with Crippen molar-refractivity contribution >= 4 is 16.5 Å². The van der Waals surface area contributed by atoms with Gasteiger partial charge in [-0.3, -0.25) is 0 Å². The molecule has 0 amide bonds. The van der Waals surface area contributed by atoms with Crippen molar-refractivity contribution in [2.45, 2.75) is 38.9 Å². The monoisotopic (exact) mass is 290 g/mol. The Labute approximate surface area is 114 Å². The summed E-state index contributed by atoms with van der Waals surface area (Å²) in [6.45, 7) is 5.45.